The van der Waals surface area contributed by atoms with Crippen molar-refractivity contribution in [1.29, 1.82) is 0 Å². The van der Waals surface area contributed by atoms with Crippen molar-refractivity contribution in [2.45, 2.75) is 17.2 Å². The van der Waals surface area contributed by atoms with Crippen LogP contribution in [0.5, 0.6) is 0 Å². The standard InChI is InChI=1S/C20H16N4OS/c1-13(26-20-15-7-3-2-6-14(15)12-22-24-20)19(25)23-18-10-4-9-17-16(18)8-5-11-21-17/h2-13H,1H3,(H,23,25)/t13-/m1/s1. The van der Waals surface area contributed by atoms with E-state index in [0.29, 0.717) is 0 Å². The normalized spacial score (nSPS) is 12.2. The molecule has 0 spiro atoms. The van der Waals surface area contributed by atoms with E-state index in [0.717, 1.165) is 32.4 Å². The zero-order chi connectivity index (χ0) is 17.9. The van der Waals surface area contributed by atoms with Crippen LogP contribution in [-0.2, 0) is 4.79 Å². The molecule has 0 aliphatic rings. The van der Waals surface area contributed by atoms with Gasteiger partial charge in [-0.3, -0.25) is 9.78 Å². The molecule has 2 aromatic carbocycles. The van der Waals surface area contributed by atoms with Gasteiger partial charge in [-0.25, -0.2) is 0 Å². The number of carbonyl (C=O) groups is 1. The number of amides is 1. The number of nitrogens with one attached hydrogen (secondary N) is 1. The molecule has 1 atom stereocenters. The molecule has 2 aromatic heterocycles. The number of thioether (sulfide) groups is 1. The highest BCUT2D eigenvalue weighted by Gasteiger charge is 2.18. The van der Waals surface area contributed by atoms with Crippen molar-refractivity contribution >= 4 is 45.0 Å². The topological polar surface area (TPSA) is 67.8 Å². The van der Waals surface area contributed by atoms with Crippen LogP contribution in [0.4, 0.5) is 5.69 Å². The first-order chi connectivity index (χ1) is 12.7. The predicted octanol–water partition coefficient (Wildman–Crippen LogP) is 4.30. The Morgan fingerprint density at radius 1 is 1.04 bits per heavy atom. The minimum absolute atomic E-state index is 0.0823. The fraction of sp³-hybridized carbons (Fsp3) is 0.100. The Hall–Kier alpha value is -2.99. The average Bonchev–Trinajstić information content (AvgIpc) is 2.68. The summed E-state index contributed by atoms with van der Waals surface area (Å²) in [5.74, 6) is -0.0823. The van der Waals surface area contributed by atoms with E-state index in [1.165, 1.54) is 11.8 Å². The van der Waals surface area contributed by atoms with Gasteiger partial charge >= 0.3 is 0 Å². The molecular formula is C20H16N4OS. The number of nitrogens with zero attached hydrogens (tertiary/aromatic N) is 3. The van der Waals surface area contributed by atoms with Gasteiger partial charge in [0, 0.05) is 22.4 Å². The Balaban J connectivity index is 1.56. The highest BCUT2D eigenvalue weighted by molar-refractivity contribution is 8.00. The molecule has 0 fully saturated rings. The van der Waals surface area contributed by atoms with Gasteiger partial charge in [0.15, 0.2) is 0 Å². The van der Waals surface area contributed by atoms with Crippen molar-refractivity contribution in [3.05, 3.63) is 67.0 Å². The van der Waals surface area contributed by atoms with Crippen molar-refractivity contribution in [2.75, 3.05) is 5.32 Å². The smallest absolute Gasteiger partial charge is 0.237 e. The summed E-state index contributed by atoms with van der Waals surface area (Å²) in [5, 5.41) is 14.6. The molecule has 0 unspecified atom stereocenters. The molecule has 0 bridgehead atoms. The zero-order valence-electron chi connectivity index (χ0n) is 14.1. The molecule has 6 heteroatoms. The van der Waals surface area contributed by atoms with Crippen LogP contribution in [0.3, 0.4) is 0 Å². The monoisotopic (exact) mass is 360 g/mol. The molecule has 1 amide bonds. The van der Waals surface area contributed by atoms with Crippen LogP contribution in [0.25, 0.3) is 21.7 Å². The number of carbonyl (C=O) groups excluding carboxylic acids is 1. The Morgan fingerprint density at radius 2 is 1.88 bits per heavy atom. The molecule has 0 saturated carbocycles. The lowest BCUT2D eigenvalue weighted by Gasteiger charge is -2.13. The lowest BCUT2D eigenvalue weighted by molar-refractivity contribution is -0.115. The Bertz CT molecular complexity index is 1090. The highest BCUT2D eigenvalue weighted by atomic mass is 32.2. The van der Waals surface area contributed by atoms with Crippen LogP contribution >= 0.6 is 11.8 Å². The molecule has 0 aliphatic heterocycles. The molecule has 4 aromatic rings. The molecule has 1 N–H and O–H groups in total. The van der Waals surface area contributed by atoms with E-state index in [1.807, 2.05) is 61.5 Å². The number of hydrogen-bond donors (Lipinski definition) is 1. The van der Waals surface area contributed by atoms with Crippen LogP contribution in [0.1, 0.15) is 6.92 Å². The molecule has 0 saturated heterocycles. The number of benzene rings is 2. The average molecular weight is 360 g/mol. The summed E-state index contributed by atoms with van der Waals surface area (Å²) in [7, 11) is 0. The van der Waals surface area contributed by atoms with E-state index in [9.17, 15) is 4.79 Å². The van der Waals surface area contributed by atoms with Crippen LogP contribution < -0.4 is 5.32 Å². The van der Waals surface area contributed by atoms with E-state index >= 15 is 0 Å². The summed E-state index contributed by atoms with van der Waals surface area (Å²) in [6.07, 6.45) is 3.47. The van der Waals surface area contributed by atoms with Gasteiger partial charge in [-0.2, -0.15) is 5.10 Å². The quantitative estimate of drug-likeness (QED) is 0.550. The van der Waals surface area contributed by atoms with Gasteiger partial charge in [-0.1, -0.05) is 42.1 Å². The second-order valence-electron chi connectivity index (χ2n) is 5.86. The van der Waals surface area contributed by atoms with Crippen molar-refractivity contribution in [3.63, 3.8) is 0 Å². The third kappa shape index (κ3) is 3.23. The van der Waals surface area contributed by atoms with E-state index in [-0.39, 0.29) is 11.2 Å². The van der Waals surface area contributed by atoms with E-state index in [4.69, 9.17) is 0 Å². The van der Waals surface area contributed by atoms with Gasteiger partial charge in [0.05, 0.1) is 22.7 Å². The molecule has 128 valence electrons. The summed E-state index contributed by atoms with van der Waals surface area (Å²) in [6.45, 7) is 1.87. The highest BCUT2D eigenvalue weighted by Crippen LogP contribution is 2.29. The van der Waals surface area contributed by atoms with E-state index in [1.54, 1.807) is 12.4 Å². The van der Waals surface area contributed by atoms with Crippen LogP contribution in [0, 0.1) is 0 Å². The first-order valence-electron chi connectivity index (χ1n) is 8.24. The maximum atomic E-state index is 12.7. The van der Waals surface area contributed by atoms with E-state index < -0.39 is 0 Å². The van der Waals surface area contributed by atoms with Crippen LogP contribution in [0.2, 0.25) is 0 Å². The molecule has 0 radical (unpaired) electrons. The predicted molar refractivity (Wildman–Crippen MR) is 105 cm³/mol. The maximum absolute atomic E-state index is 12.7. The van der Waals surface area contributed by atoms with Crippen LogP contribution in [0.15, 0.2) is 72.0 Å². The lowest BCUT2D eigenvalue weighted by Crippen LogP contribution is -2.22. The lowest BCUT2D eigenvalue weighted by atomic mass is 10.2. The number of rotatable bonds is 4. The fourth-order valence-electron chi connectivity index (χ4n) is 2.76. The molecule has 4 rings (SSSR count). The Kier molecular flexibility index (Phi) is 4.50. The minimum atomic E-state index is -0.318. The van der Waals surface area contributed by atoms with E-state index in [2.05, 4.69) is 20.5 Å². The molecule has 26 heavy (non-hydrogen) atoms. The van der Waals surface area contributed by atoms with Crippen molar-refractivity contribution < 1.29 is 4.79 Å². The second kappa shape index (κ2) is 7.09. The second-order valence-corrected chi connectivity index (χ2v) is 7.19. The summed E-state index contributed by atoms with van der Waals surface area (Å²) in [4.78, 5) is 17.0. The summed E-state index contributed by atoms with van der Waals surface area (Å²) < 4.78 is 0. The van der Waals surface area contributed by atoms with Gasteiger partial charge in [-0.15, -0.1) is 5.10 Å². The number of aromatic nitrogens is 3. The van der Waals surface area contributed by atoms with Gasteiger partial charge in [-0.05, 0) is 31.2 Å². The number of pyridine rings is 1. The van der Waals surface area contributed by atoms with Gasteiger partial charge in [0.1, 0.15) is 5.03 Å². The summed E-state index contributed by atoms with van der Waals surface area (Å²) in [6, 6.07) is 17.4. The third-order valence-electron chi connectivity index (χ3n) is 4.10. The number of anilines is 1. The van der Waals surface area contributed by atoms with Crippen molar-refractivity contribution in [1.82, 2.24) is 15.2 Å². The largest absolute Gasteiger partial charge is 0.324 e. The third-order valence-corrected chi connectivity index (χ3v) is 5.19. The molecule has 2 heterocycles. The summed E-state index contributed by atoms with van der Waals surface area (Å²) in [5.41, 5.74) is 1.61. The SMILES string of the molecule is C[C@@H](Sc1nncc2ccccc12)C(=O)Nc1cccc2ncccc12. The first-order valence-corrected chi connectivity index (χ1v) is 9.12. The van der Waals surface area contributed by atoms with Crippen LogP contribution in [-0.4, -0.2) is 26.3 Å². The first kappa shape index (κ1) is 16.5. The minimum Gasteiger partial charge on any atom is -0.324 e. The Morgan fingerprint density at radius 3 is 2.81 bits per heavy atom. The molecule has 5 nitrogen and oxygen atoms in total. The molecular weight excluding hydrogens is 344 g/mol. The maximum Gasteiger partial charge on any atom is 0.237 e. The van der Waals surface area contributed by atoms with Gasteiger partial charge in [0.25, 0.3) is 0 Å². The van der Waals surface area contributed by atoms with Crippen molar-refractivity contribution in [3.8, 4) is 0 Å². The number of fused-ring (bicyclic) bond motifs is 2. The number of hydrogen-bond acceptors (Lipinski definition) is 5. The Labute approximate surface area is 154 Å². The fourth-order valence-corrected chi connectivity index (χ4v) is 3.66. The summed E-state index contributed by atoms with van der Waals surface area (Å²) >= 11 is 1.40. The van der Waals surface area contributed by atoms with Gasteiger partial charge < -0.3 is 5.32 Å². The zero-order valence-corrected chi connectivity index (χ0v) is 14.9. The van der Waals surface area contributed by atoms with Crippen molar-refractivity contribution in [2.24, 2.45) is 0 Å². The molecule has 0 aliphatic carbocycles. The van der Waals surface area contributed by atoms with Gasteiger partial charge in [0.2, 0.25) is 5.91 Å².